The second kappa shape index (κ2) is 6.15. The highest BCUT2D eigenvalue weighted by Crippen LogP contribution is 2.41. The molecule has 1 saturated heterocycles. The minimum Gasteiger partial charge on any atom is -0.481 e. The number of aliphatic hydroxyl groups excluding tert-OH is 1. The Morgan fingerprint density at radius 3 is 2.24 bits per heavy atom. The number of carbonyl (C=O) groups is 2. The molecule has 1 fully saturated rings. The number of hydrogen-bond acceptors (Lipinski definition) is 5. The highest BCUT2D eigenvalue weighted by atomic mass is 16.6. The van der Waals surface area contributed by atoms with E-state index in [4.69, 9.17) is 14.6 Å². The number of esters is 1. The van der Waals surface area contributed by atoms with Crippen molar-refractivity contribution in [2.45, 2.75) is 50.9 Å². The molecule has 2 N–H and O–H groups in total. The van der Waals surface area contributed by atoms with Gasteiger partial charge >= 0.3 is 11.9 Å². The monoisotopic (exact) mass is 298 g/mol. The van der Waals surface area contributed by atoms with E-state index >= 15 is 0 Å². The van der Waals surface area contributed by atoms with Crippen molar-refractivity contribution in [1.82, 2.24) is 0 Å². The zero-order valence-corrected chi connectivity index (χ0v) is 12.3. The summed E-state index contributed by atoms with van der Waals surface area (Å²) >= 11 is 0. The summed E-state index contributed by atoms with van der Waals surface area (Å²) in [5.74, 6) is -3.30. The normalized spacial score (nSPS) is 30.6. The molecule has 2 bridgehead atoms. The Bertz CT molecular complexity index is 439. The molecule has 2 aliphatic heterocycles. The number of aliphatic hydroxyl groups is 1. The highest BCUT2D eigenvalue weighted by molar-refractivity contribution is 5.84. The van der Waals surface area contributed by atoms with Crippen molar-refractivity contribution in [2.24, 2.45) is 11.8 Å². The van der Waals surface area contributed by atoms with Gasteiger partial charge in [-0.1, -0.05) is 26.0 Å². The van der Waals surface area contributed by atoms with Crippen molar-refractivity contribution in [1.29, 1.82) is 0 Å². The van der Waals surface area contributed by atoms with Gasteiger partial charge in [0.15, 0.2) is 0 Å². The molecule has 2 heterocycles. The molecular weight excluding hydrogens is 276 g/mol. The van der Waals surface area contributed by atoms with Gasteiger partial charge in [0.25, 0.3) is 0 Å². The molecule has 0 radical (unpaired) electrons. The fraction of sp³-hybridized carbons (Fsp3) is 0.733. The van der Waals surface area contributed by atoms with Crippen molar-refractivity contribution in [3.05, 3.63) is 12.2 Å². The van der Waals surface area contributed by atoms with Crippen LogP contribution in [0.2, 0.25) is 0 Å². The maximum absolute atomic E-state index is 12.5. The van der Waals surface area contributed by atoms with Crippen LogP contribution in [0.1, 0.15) is 33.1 Å². The minimum atomic E-state index is -1.05. The fourth-order valence-corrected chi connectivity index (χ4v) is 3.17. The number of fused-ring (bicyclic) bond motifs is 2. The third kappa shape index (κ3) is 2.82. The van der Waals surface area contributed by atoms with Crippen LogP contribution in [-0.2, 0) is 19.1 Å². The molecule has 6 nitrogen and oxygen atoms in total. The van der Waals surface area contributed by atoms with Crippen molar-refractivity contribution >= 4 is 11.9 Å². The SMILES string of the molecule is CCC(CC)(CCO)OC(=O)C1C2C=CC(O2)C1C(=O)O. The van der Waals surface area contributed by atoms with E-state index in [1.807, 2.05) is 13.8 Å². The van der Waals surface area contributed by atoms with Crippen LogP contribution in [0.25, 0.3) is 0 Å². The van der Waals surface area contributed by atoms with Gasteiger partial charge in [-0.15, -0.1) is 0 Å². The third-order valence-corrected chi connectivity index (χ3v) is 4.63. The van der Waals surface area contributed by atoms with Gasteiger partial charge in [-0.25, -0.2) is 0 Å². The molecule has 6 heteroatoms. The largest absolute Gasteiger partial charge is 0.481 e. The number of ether oxygens (including phenoxy) is 2. The van der Waals surface area contributed by atoms with Crippen LogP contribution in [0.5, 0.6) is 0 Å². The summed E-state index contributed by atoms with van der Waals surface area (Å²) in [5.41, 5.74) is -0.736. The Labute approximate surface area is 123 Å². The van der Waals surface area contributed by atoms with E-state index in [9.17, 15) is 14.7 Å². The molecule has 4 atom stereocenters. The first-order valence-electron chi connectivity index (χ1n) is 7.38. The van der Waals surface area contributed by atoms with Crippen molar-refractivity contribution in [3.63, 3.8) is 0 Å². The van der Waals surface area contributed by atoms with Crippen LogP contribution in [0, 0.1) is 11.8 Å². The standard InChI is InChI=1S/C15H22O6/c1-3-15(4-2,7-8-16)21-14(19)12-10-6-5-9(20-10)11(12)13(17)18/h5-6,9-12,16H,3-4,7-8H2,1-2H3,(H,17,18). The molecule has 0 saturated carbocycles. The number of hydrogen-bond donors (Lipinski definition) is 2. The molecule has 21 heavy (non-hydrogen) atoms. The molecule has 0 spiro atoms. The van der Waals surface area contributed by atoms with Gasteiger partial charge < -0.3 is 19.7 Å². The van der Waals surface area contributed by atoms with Gasteiger partial charge in [-0.2, -0.15) is 0 Å². The smallest absolute Gasteiger partial charge is 0.313 e. The topological polar surface area (TPSA) is 93.1 Å². The second-order valence-electron chi connectivity index (χ2n) is 5.62. The molecule has 0 aromatic heterocycles. The third-order valence-electron chi connectivity index (χ3n) is 4.63. The fourth-order valence-electron chi connectivity index (χ4n) is 3.17. The number of rotatable bonds is 7. The average Bonchev–Trinajstić information content (AvgIpc) is 3.07. The van der Waals surface area contributed by atoms with Gasteiger partial charge in [0.2, 0.25) is 0 Å². The summed E-state index contributed by atoms with van der Waals surface area (Å²) < 4.78 is 11.1. The number of aliphatic carboxylic acids is 1. The lowest BCUT2D eigenvalue weighted by atomic mass is 9.82. The first kappa shape index (κ1) is 16.0. The Kier molecular flexibility index (Phi) is 4.68. The van der Waals surface area contributed by atoms with Gasteiger partial charge in [-0.3, -0.25) is 9.59 Å². The lowest BCUT2D eigenvalue weighted by molar-refractivity contribution is -0.172. The Hall–Kier alpha value is -1.40. The van der Waals surface area contributed by atoms with Crippen molar-refractivity contribution in [2.75, 3.05) is 6.61 Å². The Morgan fingerprint density at radius 2 is 1.76 bits per heavy atom. The van der Waals surface area contributed by atoms with Gasteiger partial charge in [0.05, 0.1) is 12.2 Å². The summed E-state index contributed by atoms with van der Waals surface area (Å²) in [7, 11) is 0. The molecule has 2 aliphatic rings. The number of carboxylic acids is 1. The Morgan fingerprint density at radius 1 is 1.19 bits per heavy atom. The van der Waals surface area contributed by atoms with Crippen LogP contribution in [0.4, 0.5) is 0 Å². The summed E-state index contributed by atoms with van der Waals surface area (Å²) in [6, 6.07) is 0. The number of carboxylic acid groups (broad SMARTS) is 1. The second-order valence-corrected chi connectivity index (χ2v) is 5.62. The summed E-state index contributed by atoms with van der Waals surface area (Å²) in [6.07, 6.45) is 3.83. The van der Waals surface area contributed by atoms with Crippen LogP contribution in [-0.4, -0.2) is 46.6 Å². The molecular formula is C15H22O6. The lowest BCUT2D eigenvalue weighted by Crippen LogP contribution is -2.43. The zero-order valence-electron chi connectivity index (χ0n) is 12.3. The van der Waals surface area contributed by atoms with E-state index in [1.54, 1.807) is 12.2 Å². The summed E-state index contributed by atoms with van der Waals surface area (Å²) in [6.45, 7) is 3.70. The summed E-state index contributed by atoms with van der Waals surface area (Å²) in [5, 5.41) is 18.5. The molecule has 118 valence electrons. The predicted octanol–water partition coefficient (Wildman–Crippen LogP) is 1.12. The first-order valence-corrected chi connectivity index (χ1v) is 7.38. The van der Waals surface area contributed by atoms with E-state index in [0.29, 0.717) is 19.3 Å². The quantitative estimate of drug-likeness (QED) is 0.540. The minimum absolute atomic E-state index is 0.0789. The highest BCUT2D eigenvalue weighted by Gasteiger charge is 2.54. The van der Waals surface area contributed by atoms with E-state index in [1.165, 1.54) is 0 Å². The van der Waals surface area contributed by atoms with Gasteiger partial charge in [0, 0.05) is 13.0 Å². The van der Waals surface area contributed by atoms with Gasteiger partial charge in [0.1, 0.15) is 17.4 Å². The number of carbonyl (C=O) groups excluding carboxylic acids is 1. The van der Waals surface area contributed by atoms with Crippen LogP contribution >= 0.6 is 0 Å². The lowest BCUT2D eigenvalue weighted by Gasteiger charge is -2.33. The maximum atomic E-state index is 12.5. The molecule has 0 aromatic carbocycles. The van der Waals surface area contributed by atoms with Crippen molar-refractivity contribution in [3.8, 4) is 0 Å². The van der Waals surface area contributed by atoms with Crippen LogP contribution in [0.3, 0.4) is 0 Å². The van der Waals surface area contributed by atoms with Crippen LogP contribution in [0.15, 0.2) is 12.2 Å². The molecule has 0 aromatic rings. The van der Waals surface area contributed by atoms with Crippen molar-refractivity contribution < 1.29 is 29.3 Å². The average molecular weight is 298 g/mol. The van der Waals surface area contributed by atoms with E-state index in [0.717, 1.165) is 0 Å². The first-order chi connectivity index (χ1) is 9.98. The van der Waals surface area contributed by atoms with E-state index in [-0.39, 0.29) is 6.61 Å². The molecule has 0 amide bonds. The Balaban J connectivity index is 2.15. The predicted molar refractivity (Wildman–Crippen MR) is 73.5 cm³/mol. The van der Waals surface area contributed by atoms with E-state index < -0.39 is 41.6 Å². The van der Waals surface area contributed by atoms with Gasteiger partial charge in [-0.05, 0) is 12.8 Å². The molecule has 2 rings (SSSR count). The summed E-state index contributed by atoms with van der Waals surface area (Å²) in [4.78, 5) is 23.9. The molecule has 4 unspecified atom stereocenters. The van der Waals surface area contributed by atoms with E-state index in [2.05, 4.69) is 0 Å². The molecule has 0 aliphatic carbocycles. The maximum Gasteiger partial charge on any atom is 0.313 e. The van der Waals surface area contributed by atoms with Crippen LogP contribution < -0.4 is 0 Å². The zero-order chi connectivity index (χ0) is 15.6.